The zero-order valence-electron chi connectivity index (χ0n) is 12.2. The van der Waals surface area contributed by atoms with Gasteiger partial charge in [0, 0.05) is 31.4 Å². The Hall–Kier alpha value is -2.27. The third-order valence-electron chi connectivity index (χ3n) is 3.07. The zero-order valence-corrected chi connectivity index (χ0v) is 15.4. The highest BCUT2D eigenvalue weighted by molar-refractivity contribution is 9.10. The molecule has 3 aromatic rings. The summed E-state index contributed by atoms with van der Waals surface area (Å²) in [5, 5.41) is 14.1. The highest BCUT2D eigenvalue weighted by Crippen LogP contribution is 2.34. The summed E-state index contributed by atoms with van der Waals surface area (Å²) in [5.74, 6) is -0.455. The van der Waals surface area contributed by atoms with Crippen molar-refractivity contribution < 1.29 is 4.79 Å². The van der Waals surface area contributed by atoms with E-state index in [0.29, 0.717) is 5.13 Å². The first-order chi connectivity index (χ1) is 11.7. The van der Waals surface area contributed by atoms with E-state index in [-0.39, 0.29) is 5.57 Å². The zero-order chi connectivity index (χ0) is 16.9. The summed E-state index contributed by atoms with van der Waals surface area (Å²) in [4.78, 5) is 18.0. The second-order valence-corrected chi connectivity index (χ2v) is 7.51. The van der Waals surface area contributed by atoms with Crippen molar-refractivity contribution in [2.75, 3.05) is 5.32 Å². The third-order valence-corrected chi connectivity index (χ3v) is 5.52. The van der Waals surface area contributed by atoms with Crippen molar-refractivity contribution in [3.8, 4) is 16.5 Å². The molecule has 118 valence electrons. The Kier molecular flexibility index (Phi) is 5.20. The maximum atomic E-state index is 12.1. The number of thiazole rings is 1. The molecule has 1 amide bonds. The highest BCUT2D eigenvalue weighted by Gasteiger charge is 2.12. The molecular formula is C17H10BrN3OS2. The van der Waals surface area contributed by atoms with Crippen LogP contribution in [0.15, 0.2) is 58.0 Å². The lowest BCUT2D eigenvalue weighted by atomic mass is 10.2. The van der Waals surface area contributed by atoms with Gasteiger partial charge in [0.25, 0.3) is 5.91 Å². The Morgan fingerprint density at radius 1 is 1.29 bits per heavy atom. The Balaban J connectivity index is 1.83. The van der Waals surface area contributed by atoms with Crippen molar-refractivity contribution in [3.63, 3.8) is 0 Å². The topological polar surface area (TPSA) is 65.8 Å². The quantitative estimate of drug-likeness (QED) is 0.471. The molecule has 7 heteroatoms. The number of thiophene rings is 1. The summed E-state index contributed by atoms with van der Waals surface area (Å²) < 4.78 is 1.00. The summed E-state index contributed by atoms with van der Waals surface area (Å²) in [6.07, 6.45) is 3.19. The van der Waals surface area contributed by atoms with Gasteiger partial charge in [-0.25, -0.2) is 4.98 Å². The molecule has 1 aromatic carbocycles. The molecule has 0 aliphatic heterocycles. The molecule has 0 saturated carbocycles. The van der Waals surface area contributed by atoms with E-state index in [2.05, 4.69) is 26.2 Å². The summed E-state index contributed by atoms with van der Waals surface area (Å²) in [6, 6.07) is 13.7. The number of hydrogen-bond acceptors (Lipinski definition) is 5. The molecule has 0 aliphatic rings. The van der Waals surface area contributed by atoms with Crippen molar-refractivity contribution in [2.45, 2.75) is 0 Å². The number of rotatable bonds is 4. The third kappa shape index (κ3) is 3.79. The van der Waals surface area contributed by atoms with Gasteiger partial charge in [-0.15, -0.1) is 22.7 Å². The van der Waals surface area contributed by atoms with E-state index in [1.807, 2.05) is 42.5 Å². The number of nitrogens with one attached hydrogen (secondary N) is 1. The minimum Gasteiger partial charge on any atom is -0.297 e. The van der Waals surface area contributed by atoms with Crippen LogP contribution in [-0.2, 0) is 4.79 Å². The van der Waals surface area contributed by atoms with Gasteiger partial charge in [-0.2, -0.15) is 5.26 Å². The van der Waals surface area contributed by atoms with Gasteiger partial charge in [0.15, 0.2) is 5.13 Å². The van der Waals surface area contributed by atoms with Crippen LogP contribution in [0.25, 0.3) is 16.5 Å². The minimum atomic E-state index is -0.455. The first-order valence-corrected chi connectivity index (χ1v) is 9.33. The standard InChI is InChI=1S/C17H10BrN3OS2/c18-14-4-2-1-3-13(14)15-6-5-12(24-15)9-11(10-19)16(22)21-17-20-7-8-23-17/h1-9H,(H,20,21,22)/b11-9+. The highest BCUT2D eigenvalue weighted by atomic mass is 79.9. The predicted octanol–water partition coefficient (Wildman–Crippen LogP) is 5.18. The normalized spacial score (nSPS) is 11.1. The number of carbonyl (C=O) groups is 1. The van der Waals surface area contributed by atoms with E-state index < -0.39 is 5.91 Å². The van der Waals surface area contributed by atoms with E-state index >= 15 is 0 Å². The van der Waals surface area contributed by atoms with Crippen LogP contribution in [0, 0.1) is 11.3 Å². The predicted molar refractivity (Wildman–Crippen MR) is 102 cm³/mol. The summed E-state index contributed by atoms with van der Waals surface area (Å²) >= 11 is 6.36. The molecule has 0 bridgehead atoms. The van der Waals surface area contributed by atoms with Crippen molar-refractivity contribution in [3.05, 3.63) is 62.9 Å². The average molecular weight is 416 g/mol. The fraction of sp³-hybridized carbons (Fsp3) is 0. The van der Waals surface area contributed by atoms with E-state index in [1.165, 1.54) is 22.7 Å². The summed E-state index contributed by atoms with van der Waals surface area (Å²) in [5.41, 5.74) is 1.12. The number of halogens is 1. The van der Waals surface area contributed by atoms with Crippen molar-refractivity contribution in [1.29, 1.82) is 5.26 Å². The van der Waals surface area contributed by atoms with Crippen LogP contribution in [0.5, 0.6) is 0 Å². The number of nitriles is 1. The van der Waals surface area contributed by atoms with Crippen LogP contribution in [0.3, 0.4) is 0 Å². The van der Waals surface area contributed by atoms with Gasteiger partial charge in [0.05, 0.1) is 0 Å². The molecule has 2 aromatic heterocycles. The van der Waals surface area contributed by atoms with Crippen LogP contribution in [-0.4, -0.2) is 10.9 Å². The Bertz CT molecular complexity index is 939. The van der Waals surface area contributed by atoms with Crippen LogP contribution >= 0.6 is 38.6 Å². The first kappa shape index (κ1) is 16.6. The number of benzene rings is 1. The molecule has 1 N–H and O–H groups in total. The molecule has 24 heavy (non-hydrogen) atoms. The number of carbonyl (C=O) groups excluding carboxylic acids is 1. The van der Waals surface area contributed by atoms with Crippen molar-refractivity contribution in [2.24, 2.45) is 0 Å². The molecule has 0 radical (unpaired) electrons. The Labute approximate surface area is 155 Å². The van der Waals surface area contributed by atoms with Crippen LogP contribution in [0.1, 0.15) is 4.88 Å². The fourth-order valence-electron chi connectivity index (χ4n) is 1.98. The largest absolute Gasteiger partial charge is 0.297 e. The molecule has 0 spiro atoms. The molecular weight excluding hydrogens is 406 g/mol. The fourth-order valence-corrected chi connectivity index (χ4v) is 4.12. The summed E-state index contributed by atoms with van der Waals surface area (Å²) in [6.45, 7) is 0. The Morgan fingerprint density at radius 3 is 2.83 bits per heavy atom. The second kappa shape index (κ2) is 7.53. The van der Waals surface area contributed by atoms with Crippen LogP contribution in [0.4, 0.5) is 5.13 Å². The molecule has 4 nitrogen and oxygen atoms in total. The molecule has 0 aliphatic carbocycles. The molecule has 3 rings (SSSR count). The van der Waals surface area contributed by atoms with Gasteiger partial charge in [-0.1, -0.05) is 34.1 Å². The Morgan fingerprint density at radius 2 is 2.12 bits per heavy atom. The average Bonchev–Trinajstić information content (AvgIpc) is 3.24. The molecule has 0 atom stereocenters. The van der Waals surface area contributed by atoms with Crippen molar-refractivity contribution >= 4 is 55.7 Å². The molecule has 0 fully saturated rings. The van der Waals surface area contributed by atoms with Crippen molar-refractivity contribution in [1.82, 2.24) is 4.98 Å². The lowest BCUT2D eigenvalue weighted by Crippen LogP contribution is -2.12. The summed E-state index contributed by atoms with van der Waals surface area (Å²) in [7, 11) is 0. The lowest BCUT2D eigenvalue weighted by Gasteiger charge is -2.00. The number of aromatic nitrogens is 1. The van der Waals surface area contributed by atoms with Crippen LogP contribution in [0.2, 0.25) is 0 Å². The van der Waals surface area contributed by atoms with E-state index in [0.717, 1.165) is 19.8 Å². The number of anilines is 1. The number of nitrogens with zero attached hydrogens (tertiary/aromatic N) is 2. The second-order valence-electron chi connectivity index (χ2n) is 4.64. The lowest BCUT2D eigenvalue weighted by molar-refractivity contribution is -0.112. The molecule has 0 saturated heterocycles. The van der Waals surface area contributed by atoms with Gasteiger partial charge < -0.3 is 0 Å². The monoisotopic (exact) mass is 415 g/mol. The van der Waals surface area contributed by atoms with E-state index in [4.69, 9.17) is 0 Å². The number of hydrogen-bond donors (Lipinski definition) is 1. The van der Waals surface area contributed by atoms with Crippen LogP contribution < -0.4 is 5.32 Å². The maximum Gasteiger partial charge on any atom is 0.268 e. The minimum absolute atomic E-state index is 0.0470. The van der Waals surface area contributed by atoms with E-state index in [1.54, 1.807) is 17.7 Å². The van der Waals surface area contributed by atoms with Gasteiger partial charge in [0.2, 0.25) is 0 Å². The first-order valence-electron chi connectivity index (χ1n) is 6.85. The maximum absolute atomic E-state index is 12.1. The number of amides is 1. The smallest absolute Gasteiger partial charge is 0.268 e. The molecule has 0 unspecified atom stereocenters. The SMILES string of the molecule is N#C/C(=C\c1ccc(-c2ccccc2Br)s1)C(=O)Nc1nccs1. The molecule has 2 heterocycles. The van der Waals surface area contributed by atoms with Gasteiger partial charge in [0.1, 0.15) is 11.6 Å². The van der Waals surface area contributed by atoms with E-state index in [9.17, 15) is 10.1 Å². The van der Waals surface area contributed by atoms with Gasteiger partial charge in [-0.3, -0.25) is 10.1 Å². The van der Waals surface area contributed by atoms with Gasteiger partial charge in [-0.05, 0) is 24.3 Å². The van der Waals surface area contributed by atoms with Gasteiger partial charge >= 0.3 is 0 Å².